The van der Waals surface area contributed by atoms with Crippen molar-refractivity contribution >= 4 is 17.8 Å². The molecule has 0 radical (unpaired) electrons. The first kappa shape index (κ1) is 17.1. The monoisotopic (exact) mass is 329 g/mol. The van der Waals surface area contributed by atoms with Gasteiger partial charge in [-0.05, 0) is 48.0 Å². The zero-order valence-corrected chi connectivity index (χ0v) is 13.4. The highest BCUT2D eigenvalue weighted by atomic mass is 16.5. The summed E-state index contributed by atoms with van der Waals surface area (Å²) in [5, 5.41) is 16.3. The van der Waals surface area contributed by atoms with E-state index >= 15 is 0 Å². The number of phenolic OH excluding ortho intramolecular Hbond substituents is 1. The third-order valence-corrected chi connectivity index (χ3v) is 3.15. The van der Waals surface area contributed by atoms with E-state index in [1.165, 1.54) is 19.4 Å². The molecule has 24 heavy (non-hydrogen) atoms. The summed E-state index contributed by atoms with van der Waals surface area (Å²) in [6.07, 6.45) is 1.47. The average Bonchev–Trinajstić information content (AvgIpc) is 2.61. The molecular weight excluding hydrogens is 310 g/mol. The molecule has 1 amide bonds. The van der Waals surface area contributed by atoms with Crippen LogP contribution in [0.15, 0.2) is 47.6 Å². The van der Waals surface area contributed by atoms with E-state index in [9.17, 15) is 9.90 Å². The van der Waals surface area contributed by atoms with E-state index in [1.54, 1.807) is 31.4 Å². The number of carbonyl (C=O) groups excluding carboxylic acids is 1. The van der Waals surface area contributed by atoms with Gasteiger partial charge in [0.25, 0.3) is 5.91 Å². The molecule has 0 aliphatic rings. The molecule has 0 bridgehead atoms. The van der Waals surface area contributed by atoms with Crippen LogP contribution >= 0.6 is 0 Å². The van der Waals surface area contributed by atoms with Crippen molar-refractivity contribution in [1.82, 2.24) is 5.43 Å². The third kappa shape index (κ3) is 4.91. The average molecular weight is 329 g/mol. The van der Waals surface area contributed by atoms with Gasteiger partial charge in [-0.25, -0.2) is 5.43 Å². The fraction of sp³-hybridized carbons (Fsp3) is 0.176. The Balaban J connectivity index is 1.81. The molecule has 0 saturated heterocycles. The summed E-state index contributed by atoms with van der Waals surface area (Å²) in [4.78, 5) is 11.7. The lowest BCUT2D eigenvalue weighted by Crippen LogP contribution is -2.25. The normalized spacial score (nSPS) is 10.4. The van der Waals surface area contributed by atoms with Crippen molar-refractivity contribution < 1.29 is 19.4 Å². The molecule has 0 aliphatic carbocycles. The van der Waals surface area contributed by atoms with Gasteiger partial charge in [0.05, 0.1) is 27.0 Å². The molecule has 0 heterocycles. The second-order valence-corrected chi connectivity index (χ2v) is 4.81. The number of carbonyl (C=O) groups is 1. The molecule has 0 fully saturated rings. The smallest absolute Gasteiger partial charge is 0.259 e. The number of benzene rings is 2. The quantitative estimate of drug-likeness (QED) is 0.533. The van der Waals surface area contributed by atoms with Crippen molar-refractivity contribution in [3.63, 3.8) is 0 Å². The van der Waals surface area contributed by atoms with Crippen LogP contribution in [-0.4, -0.2) is 38.0 Å². The van der Waals surface area contributed by atoms with Gasteiger partial charge in [-0.3, -0.25) is 4.79 Å². The van der Waals surface area contributed by atoms with Gasteiger partial charge in [0.2, 0.25) is 0 Å². The molecule has 0 saturated carbocycles. The highest BCUT2D eigenvalue weighted by Crippen LogP contribution is 2.25. The molecule has 0 aromatic heterocycles. The summed E-state index contributed by atoms with van der Waals surface area (Å²) < 4.78 is 10.1. The van der Waals surface area contributed by atoms with Crippen LogP contribution in [0.1, 0.15) is 5.56 Å². The van der Waals surface area contributed by atoms with Crippen molar-refractivity contribution in [3.8, 4) is 17.2 Å². The Morgan fingerprint density at radius 1 is 1.17 bits per heavy atom. The Morgan fingerprint density at radius 2 is 1.92 bits per heavy atom. The first-order chi connectivity index (χ1) is 11.6. The molecule has 126 valence electrons. The van der Waals surface area contributed by atoms with Crippen molar-refractivity contribution in [1.29, 1.82) is 0 Å². The van der Waals surface area contributed by atoms with Crippen molar-refractivity contribution in [3.05, 3.63) is 48.0 Å². The number of anilines is 1. The Labute approximate surface area is 139 Å². The number of methoxy groups -OCH3 is 2. The van der Waals surface area contributed by atoms with E-state index in [0.717, 1.165) is 11.4 Å². The summed E-state index contributed by atoms with van der Waals surface area (Å²) in [5.41, 5.74) is 3.91. The first-order valence-corrected chi connectivity index (χ1v) is 7.19. The molecule has 7 heteroatoms. The Hall–Kier alpha value is -3.22. The fourth-order valence-corrected chi connectivity index (χ4v) is 1.88. The number of ether oxygens (including phenoxy) is 2. The molecule has 2 aromatic rings. The predicted molar refractivity (Wildman–Crippen MR) is 91.9 cm³/mol. The summed E-state index contributed by atoms with van der Waals surface area (Å²) in [6, 6.07) is 12.0. The Bertz CT molecular complexity index is 714. The highest BCUT2D eigenvalue weighted by molar-refractivity contribution is 5.84. The van der Waals surface area contributed by atoms with Gasteiger partial charge in [0, 0.05) is 5.69 Å². The van der Waals surface area contributed by atoms with Crippen molar-refractivity contribution in [2.45, 2.75) is 0 Å². The molecular formula is C17H19N3O4. The molecule has 2 aromatic carbocycles. The topological polar surface area (TPSA) is 92.2 Å². The number of nitrogens with one attached hydrogen (secondary N) is 2. The number of amides is 1. The second kappa shape index (κ2) is 8.42. The van der Waals surface area contributed by atoms with Crippen LogP contribution < -0.4 is 20.2 Å². The lowest BCUT2D eigenvalue weighted by molar-refractivity contribution is -0.119. The van der Waals surface area contributed by atoms with Crippen LogP contribution in [0.25, 0.3) is 0 Å². The molecule has 0 unspecified atom stereocenters. The fourth-order valence-electron chi connectivity index (χ4n) is 1.88. The van der Waals surface area contributed by atoms with Gasteiger partial charge < -0.3 is 19.9 Å². The number of hydrogen-bond donors (Lipinski definition) is 3. The molecule has 0 aliphatic heterocycles. The standard InChI is InChI=1S/C17H19N3O4/c1-23-14-6-4-13(5-7-14)18-11-17(22)20-19-10-12-3-8-15(21)16(9-12)24-2/h3-10,18,21H,11H2,1-2H3,(H,20,22)/b19-10-. The lowest BCUT2D eigenvalue weighted by Gasteiger charge is -2.06. The van der Waals surface area contributed by atoms with Crippen LogP contribution in [0, 0.1) is 0 Å². The highest BCUT2D eigenvalue weighted by Gasteiger charge is 2.02. The van der Waals surface area contributed by atoms with E-state index in [2.05, 4.69) is 15.8 Å². The zero-order chi connectivity index (χ0) is 17.4. The van der Waals surface area contributed by atoms with Crippen molar-refractivity contribution in [2.24, 2.45) is 5.10 Å². The molecule has 0 atom stereocenters. The SMILES string of the molecule is COc1ccc(NCC(=O)N/N=C\c2ccc(O)c(OC)c2)cc1. The Morgan fingerprint density at radius 3 is 2.58 bits per heavy atom. The second-order valence-electron chi connectivity index (χ2n) is 4.81. The minimum atomic E-state index is -0.284. The van der Waals surface area contributed by atoms with Crippen molar-refractivity contribution in [2.75, 3.05) is 26.1 Å². The number of phenols is 1. The van der Waals surface area contributed by atoms with E-state index in [0.29, 0.717) is 11.3 Å². The van der Waals surface area contributed by atoms with Crippen LogP contribution in [0.2, 0.25) is 0 Å². The molecule has 7 nitrogen and oxygen atoms in total. The van der Waals surface area contributed by atoms with Gasteiger partial charge in [-0.15, -0.1) is 0 Å². The maximum Gasteiger partial charge on any atom is 0.259 e. The van der Waals surface area contributed by atoms with E-state index in [4.69, 9.17) is 9.47 Å². The van der Waals surface area contributed by atoms with E-state index in [1.807, 2.05) is 12.1 Å². The summed E-state index contributed by atoms with van der Waals surface area (Å²) >= 11 is 0. The third-order valence-electron chi connectivity index (χ3n) is 3.15. The van der Waals surface area contributed by atoms with Crippen LogP contribution in [-0.2, 0) is 4.79 Å². The number of aromatic hydroxyl groups is 1. The van der Waals surface area contributed by atoms with E-state index in [-0.39, 0.29) is 18.2 Å². The van der Waals surface area contributed by atoms with Crippen LogP contribution in [0.3, 0.4) is 0 Å². The minimum Gasteiger partial charge on any atom is -0.504 e. The largest absolute Gasteiger partial charge is 0.504 e. The number of hydrogen-bond acceptors (Lipinski definition) is 6. The maximum atomic E-state index is 11.7. The van der Waals surface area contributed by atoms with Crippen LogP contribution in [0.5, 0.6) is 17.2 Å². The molecule has 0 spiro atoms. The van der Waals surface area contributed by atoms with Gasteiger partial charge in [0.1, 0.15) is 5.75 Å². The minimum absolute atomic E-state index is 0.0439. The first-order valence-electron chi connectivity index (χ1n) is 7.19. The predicted octanol–water partition coefficient (Wildman–Crippen LogP) is 1.97. The maximum absolute atomic E-state index is 11.7. The number of rotatable bonds is 7. The van der Waals surface area contributed by atoms with Gasteiger partial charge in [-0.2, -0.15) is 5.10 Å². The van der Waals surface area contributed by atoms with Gasteiger partial charge >= 0.3 is 0 Å². The van der Waals surface area contributed by atoms with Crippen LogP contribution in [0.4, 0.5) is 5.69 Å². The summed E-state index contributed by atoms with van der Waals surface area (Å²) in [6.45, 7) is 0.0859. The summed E-state index contributed by atoms with van der Waals surface area (Å²) in [7, 11) is 3.06. The molecule has 3 N–H and O–H groups in total. The Kier molecular flexibility index (Phi) is 6.01. The van der Waals surface area contributed by atoms with Gasteiger partial charge in [0.15, 0.2) is 11.5 Å². The lowest BCUT2D eigenvalue weighted by atomic mass is 10.2. The number of nitrogens with zero attached hydrogens (tertiary/aromatic N) is 1. The van der Waals surface area contributed by atoms with E-state index < -0.39 is 0 Å². The molecule has 2 rings (SSSR count). The summed E-state index contributed by atoms with van der Waals surface area (Å²) in [5.74, 6) is 0.848. The van der Waals surface area contributed by atoms with Gasteiger partial charge in [-0.1, -0.05) is 0 Å². The zero-order valence-electron chi connectivity index (χ0n) is 13.4. The number of hydrazone groups is 1.